The lowest BCUT2D eigenvalue weighted by Gasteiger charge is -2.10. The normalized spacial score (nSPS) is 10.7. The van der Waals surface area contributed by atoms with Gasteiger partial charge in [0.15, 0.2) is 6.61 Å². The Bertz CT molecular complexity index is 1030. The maximum Gasteiger partial charge on any atom is 0.263 e. The molecule has 3 rings (SSSR count). The van der Waals surface area contributed by atoms with Gasteiger partial charge in [-0.05, 0) is 37.6 Å². The van der Waals surface area contributed by atoms with E-state index >= 15 is 0 Å². The summed E-state index contributed by atoms with van der Waals surface area (Å²) in [5.41, 5.74) is 1.06. The van der Waals surface area contributed by atoms with E-state index in [9.17, 15) is 9.59 Å². The summed E-state index contributed by atoms with van der Waals surface area (Å²) in [7, 11) is 0. The zero-order chi connectivity index (χ0) is 20.1. The lowest BCUT2D eigenvalue weighted by Crippen LogP contribution is -2.23. The molecule has 0 aliphatic heterocycles. The topological polar surface area (TPSA) is 102 Å². The molecule has 0 bridgehead atoms. The molecule has 0 atom stereocenters. The first-order valence-electron chi connectivity index (χ1n) is 8.80. The molecular weight excluding hydrogens is 382 g/mol. The third kappa shape index (κ3) is 4.98. The van der Waals surface area contributed by atoms with E-state index in [4.69, 9.17) is 16.3 Å². The number of aromatic nitrogens is 4. The number of benzene rings is 1. The van der Waals surface area contributed by atoms with Crippen molar-refractivity contribution in [1.82, 2.24) is 19.7 Å². The summed E-state index contributed by atoms with van der Waals surface area (Å²) in [6.45, 7) is 3.60. The summed E-state index contributed by atoms with van der Waals surface area (Å²) in [4.78, 5) is 31.3. The molecular formula is C19H20ClN5O3. The van der Waals surface area contributed by atoms with Crippen LogP contribution in [0.3, 0.4) is 0 Å². The molecule has 8 nitrogen and oxygen atoms in total. The molecule has 0 radical (unpaired) electrons. The van der Waals surface area contributed by atoms with Crippen LogP contribution < -0.4 is 15.6 Å². The Morgan fingerprint density at radius 1 is 1.29 bits per heavy atom. The molecule has 0 spiro atoms. The minimum absolute atomic E-state index is 0.189. The molecule has 28 heavy (non-hydrogen) atoms. The van der Waals surface area contributed by atoms with Crippen molar-refractivity contribution < 1.29 is 9.53 Å². The molecule has 2 N–H and O–H groups in total. The summed E-state index contributed by atoms with van der Waals surface area (Å²) in [6.07, 6.45) is 1.54. The van der Waals surface area contributed by atoms with Crippen LogP contribution >= 0.6 is 11.6 Å². The van der Waals surface area contributed by atoms with Crippen LogP contribution in [0.4, 0.5) is 5.82 Å². The largest absolute Gasteiger partial charge is 0.484 e. The number of hydrogen-bond acceptors (Lipinski definition) is 5. The second-order valence-corrected chi connectivity index (χ2v) is 6.62. The lowest BCUT2D eigenvalue weighted by atomic mass is 10.2. The fourth-order valence-electron chi connectivity index (χ4n) is 2.59. The minimum Gasteiger partial charge on any atom is -0.484 e. The van der Waals surface area contributed by atoms with E-state index < -0.39 is 0 Å². The van der Waals surface area contributed by atoms with Gasteiger partial charge in [-0.3, -0.25) is 14.6 Å². The number of aryl methyl sites for hydroxylation is 2. The van der Waals surface area contributed by atoms with Crippen LogP contribution in [0.25, 0.3) is 5.95 Å². The number of nitrogens with zero attached hydrogens (tertiary/aromatic N) is 3. The molecule has 2 aromatic heterocycles. The first kappa shape index (κ1) is 19.6. The number of anilines is 1. The van der Waals surface area contributed by atoms with Gasteiger partial charge in [0.25, 0.3) is 11.5 Å². The molecule has 2 heterocycles. The number of aromatic amines is 1. The van der Waals surface area contributed by atoms with E-state index in [0.717, 1.165) is 6.42 Å². The van der Waals surface area contributed by atoms with Crippen LogP contribution in [0.2, 0.25) is 5.02 Å². The van der Waals surface area contributed by atoms with E-state index in [1.807, 2.05) is 6.92 Å². The predicted octanol–water partition coefficient (Wildman–Crippen LogP) is 2.89. The van der Waals surface area contributed by atoms with Gasteiger partial charge in [0.2, 0.25) is 5.95 Å². The van der Waals surface area contributed by atoms with Gasteiger partial charge in [-0.2, -0.15) is 9.78 Å². The summed E-state index contributed by atoms with van der Waals surface area (Å²) in [6, 6.07) is 9.86. The number of amides is 1. The third-order valence-corrected chi connectivity index (χ3v) is 4.02. The summed E-state index contributed by atoms with van der Waals surface area (Å²) < 4.78 is 6.84. The Hall–Kier alpha value is -3.13. The highest BCUT2D eigenvalue weighted by Gasteiger charge is 2.14. The number of H-pyrrole nitrogens is 1. The first-order chi connectivity index (χ1) is 13.4. The van der Waals surface area contributed by atoms with Crippen molar-refractivity contribution in [3.05, 3.63) is 63.2 Å². The molecule has 1 aromatic carbocycles. The quantitative estimate of drug-likeness (QED) is 0.633. The average Bonchev–Trinajstić information content (AvgIpc) is 3.01. The van der Waals surface area contributed by atoms with Gasteiger partial charge in [0, 0.05) is 22.8 Å². The number of hydrogen-bond donors (Lipinski definition) is 2. The van der Waals surface area contributed by atoms with E-state index in [-0.39, 0.29) is 24.0 Å². The smallest absolute Gasteiger partial charge is 0.263 e. The van der Waals surface area contributed by atoms with Crippen molar-refractivity contribution in [1.29, 1.82) is 0 Å². The van der Waals surface area contributed by atoms with Crippen molar-refractivity contribution >= 4 is 23.3 Å². The summed E-state index contributed by atoms with van der Waals surface area (Å²) in [5, 5.41) is 7.64. The van der Waals surface area contributed by atoms with Gasteiger partial charge < -0.3 is 10.1 Å². The first-order valence-corrected chi connectivity index (χ1v) is 9.18. The van der Waals surface area contributed by atoms with E-state index in [1.165, 1.54) is 10.7 Å². The van der Waals surface area contributed by atoms with Gasteiger partial charge in [-0.15, -0.1) is 0 Å². The zero-order valence-electron chi connectivity index (χ0n) is 15.5. The molecule has 3 aromatic rings. The van der Waals surface area contributed by atoms with Crippen LogP contribution in [0.5, 0.6) is 5.75 Å². The van der Waals surface area contributed by atoms with Crippen LogP contribution in [-0.4, -0.2) is 32.3 Å². The number of carbonyl (C=O) groups excluding carboxylic acids is 1. The fraction of sp³-hybridized carbons (Fsp3) is 0.263. The highest BCUT2D eigenvalue weighted by molar-refractivity contribution is 6.30. The second-order valence-electron chi connectivity index (χ2n) is 6.18. The molecule has 0 aliphatic rings. The SMILES string of the molecule is CCCc1cc(=O)[nH]c(-n2nc(C)cc2NC(=O)COc2ccc(Cl)cc2)n1. The van der Waals surface area contributed by atoms with Crippen LogP contribution in [0.1, 0.15) is 24.7 Å². The Morgan fingerprint density at radius 3 is 2.75 bits per heavy atom. The van der Waals surface area contributed by atoms with Crippen molar-refractivity contribution in [3.63, 3.8) is 0 Å². The van der Waals surface area contributed by atoms with E-state index in [1.54, 1.807) is 37.3 Å². The second kappa shape index (κ2) is 8.71. The van der Waals surface area contributed by atoms with Gasteiger partial charge in [-0.25, -0.2) is 4.98 Å². The zero-order valence-corrected chi connectivity index (χ0v) is 16.3. The summed E-state index contributed by atoms with van der Waals surface area (Å²) >= 11 is 5.83. The van der Waals surface area contributed by atoms with E-state index in [0.29, 0.717) is 34.4 Å². The highest BCUT2D eigenvalue weighted by atomic mass is 35.5. The monoisotopic (exact) mass is 401 g/mol. The van der Waals surface area contributed by atoms with Crippen LogP contribution in [0, 0.1) is 6.92 Å². The van der Waals surface area contributed by atoms with E-state index in [2.05, 4.69) is 20.4 Å². The van der Waals surface area contributed by atoms with Crippen molar-refractivity contribution in [2.75, 3.05) is 11.9 Å². The van der Waals surface area contributed by atoms with Crippen molar-refractivity contribution in [3.8, 4) is 11.7 Å². The number of halogens is 1. The van der Waals surface area contributed by atoms with Crippen LogP contribution in [0.15, 0.2) is 41.2 Å². The highest BCUT2D eigenvalue weighted by Crippen LogP contribution is 2.17. The maximum absolute atomic E-state index is 12.3. The summed E-state index contributed by atoms with van der Waals surface area (Å²) in [5.74, 6) is 0.794. The lowest BCUT2D eigenvalue weighted by molar-refractivity contribution is -0.118. The average molecular weight is 402 g/mol. The Morgan fingerprint density at radius 2 is 2.04 bits per heavy atom. The Labute approximate surface area is 166 Å². The fourth-order valence-corrected chi connectivity index (χ4v) is 2.71. The van der Waals surface area contributed by atoms with Crippen molar-refractivity contribution in [2.45, 2.75) is 26.7 Å². The molecule has 1 amide bonds. The predicted molar refractivity (Wildman–Crippen MR) is 106 cm³/mol. The number of rotatable bonds is 7. The van der Waals surface area contributed by atoms with Gasteiger partial charge in [0.1, 0.15) is 11.6 Å². The molecule has 0 saturated carbocycles. The molecule has 146 valence electrons. The standard InChI is InChI=1S/C19H20ClN5O3/c1-3-4-14-10-17(26)23-19(21-14)25-16(9-12(2)24-25)22-18(27)11-28-15-7-5-13(20)6-8-15/h5-10H,3-4,11H2,1-2H3,(H,22,27)(H,21,23,26). The number of ether oxygens (including phenoxy) is 1. The molecule has 0 unspecified atom stereocenters. The molecule has 0 saturated heterocycles. The van der Waals surface area contributed by atoms with Crippen molar-refractivity contribution in [2.24, 2.45) is 0 Å². The molecule has 0 aliphatic carbocycles. The third-order valence-electron chi connectivity index (χ3n) is 3.77. The van der Waals surface area contributed by atoms with Gasteiger partial charge >= 0.3 is 0 Å². The Balaban J connectivity index is 1.76. The molecule has 0 fully saturated rings. The van der Waals surface area contributed by atoms with Gasteiger partial charge in [-0.1, -0.05) is 24.9 Å². The molecule has 9 heteroatoms. The maximum atomic E-state index is 12.3. The Kier molecular flexibility index (Phi) is 6.10. The van der Waals surface area contributed by atoms with Gasteiger partial charge in [0.05, 0.1) is 5.69 Å². The van der Waals surface area contributed by atoms with Crippen LogP contribution in [-0.2, 0) is 11.2 Å². The number of nitrogens with one attached hydrogen (secondary N) is 2. The minimum atomic E-state index is -0.372. The number of carbonyl (C=O) groups is 1.